The lowest BCUT2D eigenvalue weighted by atomic mass is 10.1. The van der Waals surface area contributed by atoms with E-state index in [1.54, 1.807) is 12.4 Å². The fourth-order valence-corrected chi connectivity index (χ4v) is 2.35. The molecule has 0 saturated carbocycles. The first-order valence-electron chi connectivity index (χ1n) is 10.4. The summed E-state index contributed by atoms with van der Waals surface area (Å²) in [4.78, 5) is 6.13. The van der Waals surface area contributed by atoms with Crippen LogP contribution in [0.4, 0.5) is 0 Å². The zero-order valence-corrected chi connectivity index (χ0v) is 19.0. The number of aliphatic hydroxyl groups excluding tert-OH is 2. The summed E-state index contributed by atoms with van der Waals surface area (Å²) in [6.07, 6.45) is 7.56. The van der Waals surface area contributed by atoms with Crippen molar-refractivity contribution in [3.05, 3.63) is 38.3 Å². The molecule has 0 aliphatic heterocycles. The number of rotatable bonds is 16. The first-order chi connectivity index (χ1) is 13.3. The normalized spacial score (nSPS) is 13.4. The number of hydrogen-bond acceptors (Lipinski definition) is 6. The molecule has 3 atom stereocenters. The minimum Gasteiger partial charge on any atom is -0.391 e. The molecule has 0 bridgehead atoms. The van der Waals surface area contributed by atoms with Crippen LogP contribution in [0.25, 0.3) is 0 Å². The minimum absolute atomic E-state index is 0.249. The average molecular weight is 399 g/mol. The van der Waals surface area contributed by atoms with Crippen LogP contribution in [0.5, 0.6) is 0 Å². The molecule has 6 heteroatoms. The van der Waals surface area contributed by atoms with E-state index in [2.05, 4.69) is 43.8 Å². The predicted octanol–water partition coefficient (Wildman–Crippen LogP) is 3.03. The van der Waals surface area contributed by atoms with Gasteiger partial charge in [0.2, 0.25) is 0 Å². The quantitative estimate of drug-likeness (QED) is 0.347. The number of hydrogen-bond donors (Lipinski definition) is 3. The average Bonchev–Trinajstić information content (AvgIpc) is 2.71. The molecule has 0 saturated heterocycles. The lowest BCUT2D eigenvalue weighted by Crippen LogP contribution is -2.37. The third kappa shape index (κ3) is 15.5. The Balaban J connectivity index is 0. The Labute approximate surface area is 174 Å². The maximum Gasteiger partial charge on any atom is 0.0893 e. The van der Waals surface area contributed by atoms with Gasteiger partial charge in [-0.3, -0.25) is 0 Å². The Kier molecular flexibility index (Phi) is 19.3. The topological polar surface area (TPSA) is 62.2 Å². The van der Waals surface area contributed by atoms with Gasteiger partial charge in [-0.25, -0.2) is 0 Å². The van der Waals surface area contributed by atoms with E-state index in [-0.39, 0.29) is 12.2 Å². The monoisotopic (exact) mass is 398 g/mol. The second-order valence-electron chi connectivity index (χ2n) is 7.15. The van der Waals surface area contributed by atoms with E-state index in [0.717, 1.165) is 39.1 Å². The van der Waals surface area contributed by atoms with E-state index < -0.39 is 0 Å². The van der Waals surface area contributed by atoms with Crippen molar-refractivity contribution in [2.24, 2.45) is 5.92 Å². The summed E-state index contributed by atoms with van der Waals surface area (Å²) in [6.45, 7) is 23.4. The summed E-state index contributed by atoms with van der Waals surface area (Å²) < 4.78 is 0. The lowest BCUT2D eigenvalue weighted by molar-refractivity contribution is 0.106. The Morgan fingerprint density at radius 2 is 1.21 bits per heavy atom. The van der Waals surface area contributed by atoms with E-state index in [1.807, 2.05) is 36.9 Å². The summed E-state index contributed by atoms with van der Waals surface area (Å²) in [5.41, 5.74) is 0. The van der Waals surface area contributed by atoms with Gasteiger partial charge in [0, 0.05) is 19.6 Å². The highest BCUT2D eigenvalue weighted by Gasteiger charge is 2.10. The summed E-state index contributed by atoms with van der Waals surface area (Å²) in [5, 5.41) is 21.9. The lowest BCUT2D eigenvalue weighted by Gasteiger charge is -2.31. The Morgan fingerprint density at radius 1 is 0.786 bits per heavy atom. The molecule has 6 nitrogen and oxygen atoms in total. The van der Waals surface area contributed by atoms with Crippen LogP contribution in [0, 0.1) is 5.92 Å². The molecule has 166 valence electrons. The molecule has 3 N–H and O–H groups in total. The molecule has 0 heterocycles. The van der Waals surface area contributed by atoms with Gasteiger partial charge in [-0.05, 0) is 44.4 Å². The molecular weight excluding hydrogens is 352 g/mol. The second-order valence-corrected chi connectivity index (χ2v) is 7.15. The summed E-state index contributed by atoms with van der Waals surface area (Å²) in [5.74, 6) is 0.649. The van der Waals surface area contributed by atoms with Gasteiger partial charge in [-0.1, -0.05) is 53.9 Å². The molecule has 0 spiro atoms. The van der Waals surface area contributed by atoms with Crippen LogP contribution in [0.2, 0.25) is 0 Å². The van der Waals surface area contributed by atoms with Gasteiger partial charge >= 0.3 is 0 Å². The van der Waals surface area contributed by atoms with E-state index >= 15 is 0 Å². The van der Waals surface area contributed by atoms with Gasteiger partial charge < -0.3 is 30.2 Å². The van der Waals surface area contributed by atoms with E-state index in [1.165, 1.54) is 0 Å². The molecule has 0 fully saturated rings. The highest BCUT2D eigenvalue weighted by Crippen LogP contribution is 2.07. The fourth-order valence-electron chi connectivity index (χ4n) is 2.35. The van der Waals surface area contributed by atoms with Crippen molar-refractivity contribution < 1.29 is 10.2 Å². The Morgan fingerprint density at radius 3 is 1.57 bits per heavy atom. The van der Waals surface area contributed by atoms with Crippen molar-refractivity contribution in [3.63, 3.8) is 0 Å². The number of nitrogens with zero attached hydrogens (tertiary/aromatic N) is 3. The van der Waals surface area contributed by atoms with Crippen LogP contribution in [0.3, 0.4) is 0 Å². The minimum atomic E-state index is -0.289. The van der Waals surface area contributed by atoms with E-state index in [9.17, 15) is 10.2 Å². The molecule has 0 radical (unpaired) electrons. The first-order valence-corrected chi connectivity index (χ1v) is 10.4. The molecular formula is C22H46N4O2. The van der Waals surface area contributed by atoms with Crippen molar-refractivity contribution in [2.45, 2.75) is 59.2 Å². The molecule has 0 amide bonds. The molecule has 3 unspecified atom stereocenters. The molecule has 0 aliphatic carbocycles. The van der Waals surface area contributed by atoms with E-state index in [0.29, 0.717) is 19.0 Å². The second kappa shape index (κ2) is 18.8. The third-order valence-electron chi connectivity index (χ3n) is 4.58. The van der Waals surface area contributed by atoms with E-state index in [4.69, 9.17) is 0 Å². The van der Waals surface area contributed by atoms with Gasteiger partial charge in [-0.2, -0.15) is 0 Å². The fraction of sp³-hybridized carbons (Fsp3) is 0.727. The number of nitrogens with one attached hydrogen (secondary N) is 1. The van der Waals surface area contributed by atoms with Crippen molar-refractivity contribution in [3.8, 4) is 0 Å². The predicted molar refractivity (Wildman–Crippen MR) is 122 cm³/mol. The summed E-state index contributed by atoms with van der Waals surface area (Å²) in [7, 11) is 1.87. The van der Waals surface area contributed by atoms with Crippen molar-refractivity contribution in [2.75, 3.05) is 40.0 Å². The smallest absolute Gasteiger partial charge is 0.0893 e. The maximum absolute atomic E-state index is 9.64. The summed E-state index contributed by atoms with van der Waals surface area (Å²) in [6, 6.07) is 0. The van der Waals surface area contributed by atoms with Gasteiger partial charge in [0.1, 0.15) is 0 Å². The van der Waals surface area contributed by atoms with Crippen LogP contribution in [-0.2, 0) is 0 Å². The summed E-state index contributed by atoms with van der Waals surface area (Å²) >= 11 is 0. The van der Waals surface area contributed by atoms with Crippen LogP contribution in [-0.4, -0.2) is 77.1 Å². The highest BCUT2D eigenvalue weighted by molar-refractivity contribution is 4.79. The van der Waals surface area contributed by atoms with Crippen molar-refractivity contribution in [1.82, 2.24) is 20.0 Å². The largest absolute Gasteiger partial charge is 0.391 e. The molecule has 0 rings (SSSR count). The van der Waals surface area contributed by atoms with Gasteiger partial charge in [-0.15, -0.1) is 0 Å². The standard InChI is InChI=1S/C14H28N2O.C8H18N2O/c1-6-13(5)10-15(8-3)12-16(9-4)11-14(17)7-2;1-4-8(11)6-10(5-2)7-9-3/h8-9,13-14,17H,3-4,6-7,10-12H2,1-2,5H3;5,8-9,11H,2,4,6-7H2,1,3H3. The van der Waals surface area contributed by atoms with Crippen LogP contribution >= 0.6 is 0 Å². The maximum atomic E-state index is 9.64. The first kappa shape index (κ1) is 28.7. The van der Waals surface area contributed by atoms with Crippen LogP contribution < -0.4 is 5.32 Å². The highest BCUT2D eigenvalue weighted by atomic mass is 16.3. The Hall–Kier alpha value is -1.50. The third-order valence-corrected chi connectivity index (χ3v) is 4.58. The molecule has 0 aromatic carbocycles. The van der Waals surface area contributed by atoms with Crippen molar-refractivity contribution in [1.29, 1.82) is 0 Å². The van der Waals surface area contributed by atoms with Crippen molar-refractivity contribution >= 4 is 0 Å². The van der Waals surface area contributed by atoms with Crippen LogP contribution in [0.15, 0.2) is 38.3 Å². The molecule has 0 aromatic heterocycles. The van der Waals surface area contributed by atoms with Gasteiger partial charge in [0.05, 0.1) is 25.5 Å². The van der Waals surface area contributed by atoms with Gasteiger partial charge in [0.15, 0.2) is 0 Å². The zero-order chi connectivity index (χ0) is 21.9. The molecule has 0 aliphatic rings. The zero-order valence-electron chi connectivity index (χ0n) is 19.0. The van der Waals surface area contributed by atoms with Crippen LogP contribution in [0.1, 0.15) is 47.0 Å². The Bertz CT molecular complexity index is 371. The van der Waals surface area contributed by atoms with Gasteiger partial charge in [0.25, 0.3) is 0 Å². The molecule has 28 heavy (non-hydrogen) atoms. The number of aliphatic hydroxyl groups is 2. The molecule has 0 aromatic rings. The SMILES string of the molecule is C=CN(CC(C)CC)CN(C=C)CC(O)CC.C=CN(CNC)CC(O)CC.